The highest BCUT2D eigenvalue weighted by Gasteiger charge is 2.16. The zero-order valence-corrected chi connectivity index (χ0v) is 13.1. The molecule has 3 nitrogen and oxygen atoms in total. The number of hydrogen-bond donors (Lipinski definition) is 0. The van der Waals surface area contributed by atoms with Crippen LogP contribution in [0.5, 0.6) is 0 Å². The lowest BCUT2D eigenvalue weighted by atomic mass is 10.1. The normalized spacial score (nSPS) is 10.8. The minimum Gasteiger partial charge on any atom is -0.207 e. The second-order valence-electron chi connectivity index (χ2n) is 5.54. The lowest BCUT2D eigenvalue weighted by Crippen LogP contribution is -1.98. The number of aromatic nitrogens is 3. The maximum Gasteiger partial charge on any atom is 0.123 e. The van der Waals surface area contributed by atoms with Crippen LogP contribution < -0.4 is 0 Å². The molecule has 25 heavy (non-hydrogen) atoms. The summed E-state index contributed by atoms with van der Waals surface area (Å²) in [7, 11) is 0. The van der Waals surface area contributed by atoms with Gasteiger partial charge in [-0.1, -0.05) is 18.2 Å². The van der Waals surface area contributed by atoms with Crippen molar-refractivity contribution >= 4 is 0 Å². The molecule has 0 aliphatic rings. The zero-order valence-electron chi connectivity index (χ0n) is 13.1. The van der Waals surface area contributed by atoms with E-state index in [4.69, 9.17) is 0 Å². The van der Waals surface area contributed by atoms with Crippen molar-refractivity contribution in [2.45, 2.75) is 0 Å². The molecule has 0 saturated carbocycles. The molecule has 0 atom stereocenters. The molecule has 3 aromatic carbocycles. The molecule has 0 unspecified atom stereocenters. The molecule has 122 valence electrons. The van der Waals surface area contributed by atoms with E-state index >= 15 is 0 Å². The van der Waals surface area contributed by atoms with Gasteiger partial charge in [0.2, 0.25) is 0 Å². The quantitative estimate of drug-likeness (QED) is 0.535. The van der Waals surface area contributed by atoms with Crippen LogP contribution in [0.15, 0.2) is 78.9 Å². The van der Waals surface area contributed by atoms with Crippen molar-refractivity contribution < 1.29 is 8.78 Å². The molecule has 1 heterocycles. The molecule has 0 aliphatic heterocycles. The summed E-state index contributed by atoms with van der Waals surface area (Å²) >= 11 is 0. The largest absolute Gasteiger partial charge is 0.207 e. The summed E-state index contributed by atoms with van der Waals surface area (Å²) in [5.41, 5.74) is 3.50. The van der Waals surface area contributed by atoms with E-state index in [0.717, 1.165) is 16.8 Å². The standard InChI is InChI=1S/C20H13F2N3/c21-16-10-6-14(7-11-16)19-20(15-8-12-17(22)13-9-15)24-25(23-19)18-4-2-1-3-5-18/h1-13H. The van der Waals surface area contributed by atoms with Gasteiger partial charge >= 0.3 is 0 Å². The van der Waals surface area contributed by atoms with Crippen LogP contribution >= 0.6 is 0 Å². The number of para-hydroxylation sites is 1. The molecule has 0 saturated heterocycles. The van der Waals surface area contributed by atoms with E-state index < -0.39 is 0 Å². The molecular weight excluding hydrogens is 320 g/mol. The Labute approximate surface area is 143 Å². The van der Waals surface area contributed by atoms with Crippen molar-refractivity contribution in [3.05, 3.63) is 90.5 Å². The molecule has 0 fully saturated rings. The zero-order chi connectivity index (χ0) is 17.2. The lowest BCUT2D eigenvalue weighted by molar-refractivity contribution is 0.627. The Balaban J connectivity index is 1.89. The van der Waals surface area contributed by atoms with Crippen LogP contribution in [-0.2, 0) is 0 Å². The van der Waals surface area contributed by atoms with Gasteiger partial charge in [0.1, 0.15) is 23.0 Å². The third-order valence-electron chi connectivity index (χ3n) is 3.84. The Hall–Kier alpha value is -3.34. The number of hydrogen-bond acceptors (Lipinski definition) is 2. The fourth-order valence-electron chi connectivity index (χ4n) is 2.59. The maximum atomic E-state index is 13.3. The summed E-state index contributed by atoms with van der Waals surface area (Å²) in [5.74, 6) is -0.634. The van der Waals surface area contributed by atoms with E-state index in [0.29, 0.717) is 11.4 Å². The van der Waals surface area contributed by atoms with Crippen molar-refractivity contribution in [3.8, 4) is 28.2 Å². The predicted octanol–water partition coefficient (Wildman–Crippen LogP) is 4.88. The fraction of sp³-hybridized carbons (Fsp3) is 0. The van der Waals surface area contributed by atoms with Crippen molar-refractivity contribution in [2.75, 3.05) is 0 Å². The van der Waals surface area contributed by atoms with Gasteiger partial charge in [-0.05, 0) is 60.7 Å². The Morgan fingerprint density at radius 1 is 0.560 bits per heavy atom. The molecule has 0 aliphatic carbocycles. The van der Waals surface area contributed by atoms with Crippen LogP contribution in [0.2, 0.25) is 0 Å². The van der Waals surface area contributed by atoms with E-state index in [2.05, 4.69) is 10.2 Å². The highest BCUT2D eigenvalue weighted by molar-refractivity contribution is 5.77. The van der Waals surface area contributed by atoms with Crippen LogP contribution in [0.4, 0.5) is 8.78 Å². The Morgan fingerprint density at radius 2 is 1.00 bits per heavy atom. The molecule has 4 rings (SSSR count). The van der Waals surface area contributed by atoms with Gasteiger partial charge in [0.05, 0.1) is 5.69 Å². The van der Waals surface area contributed by atoms with Gasteiger partial charge in [-0.3, -0.25) is 0 Å². The van der Waals surface area contributed by atoms with Crippen LogP contribution in [0, 0.1) is 11.6 Å². The van der Waals surface area contributed by atoms with Crippen LogP contribution in [0.25, 0.3) is 28.2 Å². The van der Waals surface area contributed by atoms with Crippen LogP contribution in [0.1, 0.15) is 0 Å². The summed E-state index contributed by atoms with van der Waals surface area (Å²) in [5, 5.41) is 9.14. The van der Waals surface area contributed by atoms with Gasteiger partial charge in [-0.2, -0.15) is 4.80 Å². The van der Waals surface area contributed by atoms with E-state index in [-0.39, 0.29) is 11.6 Å². The first kappa shape index (κ1) is 15.2. The van der Waals surface area contributed by atoms with Crippen molar-refractivity contribution in [2.24, 2.45) is 0 Å². The SMILES string of the molecule is Fc1ccc(-c2nn(-c3ccccc3)nc2-c2ccc(F)cc2)cc1. The Kier molecular flexibility index (Phi) is 3.82. The molecule has 0 radical (unpaired) electrons. The number of halogens is 2. The average molecular weight is 333 g/mol. The van der Waals surface area contributed by atoms with Gasteiger partial charge < -0.3 is 0 Å². The highest BCUT2D eigenvalue weighted by Crippen LogP contribution is 2.30. The topological polar surface area (TPSA) is 30.7 Å². The predicted molar refractivity (Wildman–Crippen MR) is 92.1 cm³/mol. The second-order valence-corrected chi connectivity index (χ2v) is 5.54. The Bertz CT molecular complexity index is 929. The highest BCUT2D eigenvalue weighted by atomic mass is 19.1. The van der Waals surface area contributed by atoms with E-state index in [9.17, 15) is 8.78 Å². The van der Waals surface area contributed by atoms with Gasteiger partial charge in [-0.25, -0.2) is 8.78 Å². The minimum atomic E-state index is -0.317. The van der Waals surface area contributed by atoms with E-state index in [1.54, 1.807) is 24.3 Å². The van der Waals surface area contributed by atoms with Crippen LogP contribution in [0.3, 0.4) is 0 Å². The number of benzene rings is 3. The van der Waals surface area contributed by atoms with Gasteiger partial charge in [-0.15, -0.1) is 10.2 Å². The van der Waals surface area contributed by atoms with Gasteiger partial charge in [0.15, 0.2) is 0 Å². The first-order chi connectivity index (χ1) is 12.2. The monoisotopic (exact) mass is 333 g/mol. The summed E-state index contributed by atoms with van der Waals surface area (Å²) in [6.45, 7) is 0. The van der Waals surface area contributed by atoms with Crippen LogP contribution in [-0.4, -0.2) is 15.0 Å². The maximum absolute atomic E-state index is 13.3. The van der Waals surface area contributed by atoms with E-state index in [1.807, 2.05) is 30.3 Å². The molecule has 0 amide bonds. The summed E-state index contributed by atoms with van der Waals surface area (Å²) in [6.07, 6.45) is 0. The third-order valence-corrected chi connectivity index (χ3v) is 3.84. The first-order valence-corrected chi connectivity index (χ1v) is 7.75. The molecule has 4 aromatic rings. The molecule has 0 bridgehead atoms. The number of nitrogens with zero attached hydrogens (tertiary/aromatic N) is 3. The molecule has 5 heteroatoms. The Morgan fingerprint density at radius 3 is 1.44 bits per heavy atom. The number of rotatable bonds is 3. The summed E-state index contributed by atoms with van der Waals surface area (Å²) in [6, 6.07) is 21.6. The average Bonchev–Trinajstić information content (AvgIpc) is 3.09. The van der Waals surface area contributed by atoms with Crippen molar-refractivity contribution in [1.29, 1.82) is 0 Å². The molecule has 1 aromatic heterocycles. The minimum absolute atomic E-state index is 0.317. The summed E-state index contributed by atoms with van der Waals surface area (Å²) < 4.78 is 26.5. The smallest absolute Gasteiger partial charge is 0.123 e. The second kappa shape index (κ2) is 6.28. The van der Waals surface area contributed by atoms with E-state index in [1.165, 1.54) is 29.1 Å². The van der Waals surface area contributed by atoms with Gasteiger partial charge in [0.25, 0.3) is 0 Å². The van der Waals surface area contributed by atoms with Gasteiger partial charge in [0, 0.05) is 11.1 Å². The fourth-order valence-corrected chi connectivity index (χ4v) is 2.59. The molecule has 0 spiro atoms. The third kappa shape index (κ3) is 3.04. The molecular formula is C20H13F2N3. The lowest BCUT2D eigenvalue weighted by Gasteiger charge is -2.01. The van der Waals surface area contributed by atoms with Crippen molar-refractivity contribution in [1.82, 2.24) is 15.0 Å². The molecule has 0 N–H and O–H groups in total. The van der Waals surface area contributed by atoms with Crippen molar-refractivity contribution in [3.63, 3.8) is 0 Å². The summed E-state index contributed by atoms with van der Waals surface area (Å²) in [4.78, 5) is 1.53. The first-order valence-electron chi connectivity index (χ1n) is 7.75.